The average molecular weight is 258 g/mol. The number of hydrogen-bond donors (Lipinski definition) is 2. The van der Waals surface area contributed by atoms with Gasteiger partial charge in [-0.3, -0.25) is 4.72 Å². The number of hydrogen-bond acceptors (Lipinski definition) is 3. The molecular formula is C10H14N2O2S2. The number of sulfonamides is 1. The van der Waals surface area contributed by atoms with E-state index in [0.29, 0.717) is 5.69 Å². The second kappa shape index (κ2) is 4.80. The van der Waals surface area contributed by atoms with E-state index in [0.717, 1.165) is 11.1 Å². The Hall–Kier alpha value is -1.14. The summed E-state index contributed by atoms with van der Waals surface area (Å²) in [5.74, 6) is -0.338. The molecule has 0 amide bonds. The highest BCUT2D eigenvalue weighted by Gasteiger charge is 2.12. The van der Waals surface area contributed by atoms with Gasteiger partial charge in [-0.1, -0.05) is 29.9 Å². The highest BCUT2D eigenvalue weighted by molar-refractivity contribution is 7.95. The van der Waals surface area contributed by atoms with Gasteiger partial charge in [0.05, 0.1) is 10.7 Å². The van der Waals surface area contributed by atoms with Crippen molar-refractivity contribution in [3.8, 4) is 0 Å². The van der Waals surface area contributed by atoms with Crippen LogP contribution in [0, 0.1) is 13.8 Å². The van der Waals surface area contributed by atoms with E-state index in [2.05, 4.69) is 16.9 Å². The Morgan fingerprint density at radius 1 is 1.44 bits per heavy atom. The molecule has 1 rings (SSSR count). The average Bonchev–Trinajstić information content (AvgIpc) is 2.07. The van der Waals surface area contributed by atoms with E-state index in [1.54, 1.807) is 6.07 Å². The van der Waals surface area contributed by atoms with Crippen molar-refractivity contribution in [3.63, 3.8) is 0 Å². The zero-order valence-corrected chi connectivity index (χ0v) is 10.8. The SMILES string of the molecule is Cc1ccc(NS(=O)(=O)CC(N)=S)c(C)c1. The van der Waals surface area contributed by atoms with E-state index in [1.807, 2.05) is 26.0 Å². The Kier molecular flexibility index (Phi) is 3.88. The van der Waals surface area contributed by atoms with E-state index < -0.39 is 10.0 Å². The van der Waals surface area contributed by atoms with Crippen LogP contribution in [0.25, 0.3) is 0 Å². The topological polar surface area (TPSA) is 72.2 Å². The Morgan fingerprint density at radius 2 is 2.06 bits per heavy atom. The molecule has 3 N–H and O–H groups in total. The van der Waals surface area contributed by atoms with Crippen molar-refractivity contribution in [1.29, 1.82) is 0 Å². The van der Waals surface area contributed by atoms with Crippen molar-refractivity contribution in [1.82, 2.24) is 0 Å². The number of aryl methyl sites for hydroxylation is 2. The van der Waals surface area contributed by atoms with Crippen molar-refractivity contribution < 1.29 is 8.42 Å². The molecule has 88 valence electrons. The molecule has 0 aromatic heterocycles. The van der Waals surface area contributed by atoms with Crippen LogP contribution in [0.1, 0.15) is 11.1 Å². The largest absolute Gasteiger partial charge is 0.392 e. The van der Waals surface area contributed by atoms with Crippen LogP contribution in [-0.4, -0.2) is 19.2 Å². The minimum atomic E-state index is -3.49. The second-order valence-corrected chi connectivity index (χ2v) is 5.89. The first kappa shape index (κ1) is 12.9. The van der Waals surface area contributed by atoms with Crippen molar-refractivity contribution in [2.75, 3.05) is 10.5 Å². The molecule has 0 spiro atoms. The fraction of sp³-hybridized carbons (Fsp3) is 0.300. The third-order valence-corrected chi connectivity index (χ3v) is 3.53. The van der Waals surface area contributed by atoms with E-state index >= 15 is 0 Å². The third-order valence-electron chi connectivity index (χ3n) is 1.98. The van der Waals surface area contributed by atoms with Crippen molar-refractivity contribution in [2.45, 2.75) is 13.8 Å². The van der Waals surface area contributed by atoms with Crippen LogP contribution in [0.4, 0.5) is 5.69 Å². The number of rotatable bonds is 4. The molecule has 0 unspecified atom stereocenters. The number of benzene rings is 1. The van der Waals surface area contributed by atoms with Gasteiger partial charge >= 0.3 is 0 Å². The standard InChI is InChI=1S/C10H14N2O2S2/c1-7-3-4-9(8(2)5-7)12-16(13,14)6-10(11)15/h3-5,12H,6H2,1-2H3,(H2,11,15). The number of nitrogens with two attached hydrogens (primary N) is 1. The van der Waals surface area contributed by atoms with E-state index in [-0.39, 0.29) is 10.7 Å². The minimum absolute atomic E-state index is 0.0442. The van der Waals surface area contributed by atoms with Crippen LogP contribution in [0.5, 0.6) is 0 Å². The molecule has 1 aromatic carbocycles. The van der Waals surface area contributed by atoms with Gasteiger partial charge in [-0.25, -0.2) is 8.42 Å². The van der Waals surface area contributed by atoms with Gasteiger partial charge in [-0.15, -0.1) is 0 Å². The summed E-state index contributed by atoms with van der Waals surface area (Å²) in [6.07, 6.45) is 0. The number of anilines is 1. The lowest BCUT2D eigenvalue weighted by Crippen LogP contribution is -2.26. The summed E-state index contributed by atoms with van der Waals surface area (Å²) in [7, 11) is -3.49. The van der Waals surface area contributed by atoms with E-state index in [4.69, 9.17) is 5.73 Å². The maximum absolute atomic E-state index is 11.6. The zero-order valence-electron chi connectivity index (χ0n) is 9.15. The first-order valence-corrected chi connectivity index (χ1v) is 6.72. The Labute approximate surface area is 101 Å². The highest BCUT2D eigenvalue weighted by atomic mass is 32.2. The molecule has 0 heterocycles. The maximum atomic E-state index is 11.6. The summed E-state index contributed by atoms with van der Waals surface area (Å²) < 4.78 is 25.6. The lowest BCUT2D eigenvalue weighted by Gasteiger charge is -2.10. The molecule has 0 aliphatic carbocycles. The molecule has 0 aliphatic rings. The molecular weight excluding hydrogens is 244 g/mol. The maximum Gasteiger partial charge on any atom is 0.239 e. The van der Waals surface area contributed by atoms with Gasteiger partial charge in [0.2, 0.25) is 10.0 Å². The molecule has 6 heteroatoms. The molecule has 0 saturated heterocycles. The van der Waals surface area contributed by atoms with Gasteiger partial charge in [0.1, 0.15) is 5.75 Å². The van der Waals surface area contributed by atoms with Crippen LogP contribution in [0.15, 0.2) is 18.2 Å². The first-order valence-electron chi connectivity index (χ1n) is 4.66. The van der Waals surface area contributed by atoms with E-state index in [1.165, 1.54) is 0 Å². The highest BCUT2D eigenvalue weighted by Crippen LogP contribution is 2.17. The first-order chi connectivity index (χ1) is 7.30. The molecule has 4 nitrogen and oxygen atoms in total. The van der Waals surface area contributed by atoms with Crippen molar-refractivity contribution >= 4 is 32.9 Å². The third kappa shape index (κ3) is 3.79. The predicted molar refractivity (Wildman–Crippen MR) is 70.1 cm³/mol. The quantitative estimate of drug-likeness (QED) is 0.799. The number of thiocarbonyl (C=S) groups is 1. The molecule has 1 aromatic rings. The monoisotopic (exact) mass is 258 g/mol. The van der Waals surface area contributed by atoms with Gasteiger partial charge in [-0.05, 0) is 25.5 Å². The lowest BCUT2D eigenvalue weighted by molar-refractivity contribution is 0.605. The molecule has 0 atom stereocenters. The summed E-state index contributed by atoms with van der Waals surface area (Å²) >= 11 is 4.57. The van der Waals surface area contributed by atoms with Gasteiger partial charge in [-0.2, -0.15) is 0 Å². The van der Waals surface area contributed by atoms with Crippen molar-refractivity contribution in [3.05, 3.63) is 29.3 Å². The zero-order chi connectivity index (χ0) is 12.3. The predicted octanol–water partition coefficient (Wildman–Crippen LogP) is 1.33. The normalized spacial score (nSPS) is 11.1. The molecule has 16 heavy (non-hydrogen) atoms. The van der Waals surface area contributed by atoms with Gasteiger partial charge in [0, 0.05) is 0 Å². The van der Waals surface area contributed by atoms with Crippen LogP contribution >= 0.6 is 12.2 Å². The van der Waals surface area contributed by atoms with Gasteiger partial charge in [0.15, 0.2) is 0 Å². The second-order valence-electron chi connectivity index (χ2n) is 3.65. The Morgan fingerprint density at radius 3 is 2.56 bits per heavy atom. The lowest BCUT2D eigenvalue weighted by atomic mass is 10.1. The smallest absolute Gasteiger partial charge is 0.239 e. The van der Waals surface area contributed by atoms with Crippen LogP contribution in [0.3, 0.4) is 0 Å². The summed E-state index contributed by atoms with van der Waals surface area (Å²) in [6.45, 7) is 3.78. The van der Waals surface area contributed by atoms with Gasteiger partial charge in [0.25, 0.3) is 0 Å². The fourth-order valence-electron chi connectivity index (χ4n) is 1.32. The Balaban J connectivity index is 2.92. The minimum Gasteiger partial charge on any atom is -0.392 e. The molecule has 0 fully saturated rings. The van der Waals surface area contributed by atoms with Crippen LogP contribution < -0.4 is 10.5 Å². The number of nitrogens with one attached hydrogen (secondary N) is 1. The van der Waals surface area contributed by atoms with Crippen molar-refractivity contribution in [2.24, 2.45) is 5.73 Å². The summed E-state index contributed by atoms with van der Waals surface area (Å²) in [5, 5.41) is 0. The van der Waals surface area contributed by atoms with Crippen LogP contribution in [-0.2, 0) is 10.0 Å². The molecule has 0 saturated carbocycles. The molecule has 0 bridgehead atoms. The van der Waals surface area contributed by atoms with Crippen LogP contribution in [0.2, 0.25) is 0 Å². The Bertz CT molecular complexity index is 510. The van der Waals surface area contributed by atoms with Gasteiger partial charge < -0.3 is 5.73 Å². The fourth-order valence-corrected chi connectivity index (χ4v) is 2.80. The summed E-state index contributed by atoms with van der Waals surface area (Å²) in [6, 6.07) is 5.46. The van der Waals surface area contributed by atoms with E-state index in [9.17, 15) is 8.42 Å². The summed E-state index contributed by atoms with van der Waals surface area (Å²) in [5.41, 5.74) is 7.71. The summed E-state index contributed by atoms with van der Waals surface area (Å²) in [4.78, 5) is -0.0442. The molecule has 0 radical (unpaired) electrons. The molecule has 0 aliphatic heterocycles.